The van der Waals surface area contributed by atoms with Crippen LogP contribution in [0.25, 0.3) is 0 Å². The summed E-state index contributed by atoms with van der Waals surface area (Å²) in [6.45, 7) is 16.6. The number of likely N-dealkylation sites (N-methyl/N-ethyl adjacent to an activating group) is 2. The van der Waals surface area contributed by atoms with E-state index in [0.29, 0.717) is 37.4 Å². The fourth-order valence-corrected chi connectivity index (χ4v) is 8.87. The lowest BCUT2D eigenvalue weighted by Gasteiger charge is -2.45. The molecule has 11 nitrogen and oxygen atoms in total. The average Bonchev–Trinajstić information content (AvgIpc) is 3.12. The van der Waals surface area contributed by atoms with Crippen LogP contribution in [-0.2, 0) is 28.5 Å². The fourth-order valence-electron chi connectivity index (χ4n) is 8.87. The van der Waals surface area contributed by atoms with Crippen molar-refractivity contribution in [2.45, 2.75) is 123 Å². The number of aliphatic hydroxyl groups is 1. The van der Waals surface area contributed by atoms with Gasteiger partial charge in [-0.25, -0.2) is 0 Å². The molecule has 3 saturated heterocycles. The minimum Gasteiger partial charge on any atom is -0.463 e. The minimum absolute atomic E-state index is 0.0423. The molecule has 0 spiro atoms. The van der Waals surface area contributed by atoms with Gasteiger partial charge in [-0.15, -0.1) is 0 Å². The van der Waals surface area contributed by atoms with E-state index in [0.717, 1.165) is 32.4 Å². The molecule has 4 rings (SSSR count). The van der Waals surface area contributed by atoms with Crippen molar-refractivity contribution in [3.05, 3.63) is 35.9 Å². The highest BCUT2D eigenvalue weighted by Gasteiger charge is 2.50. The number of likely N-dealkylation sites (tertiary alicyclic amines) is 1. The van der Waals surface area contributed by atoms with Crippen LogP contribution in [0.4, 0.5) is 0 Å². The monoisotopic (exact) mass is 729 g/mol. The van der Waals surface area contributed by atoms with Gasteiger partial charge in [0.05, 0.1) is 30.5 Å². The van der Waals surface area contributed by atoms with Crippen molar-refractivity contribution in [1.29, 1.82) is 0 Å². The van der Waals surface area contributed by atoms with Crippen molar-refractivity contribution in [3.8, 4) is 0 Å². The van der Waals surface area contributed by atoms with E-state index < -0.39 is 41.2 Å². The van der Waals surface area contributed by atoms with Crippen molar-refractivity contribution < 1.29 is 38.4 Å². The third-order valence-electron chi connectivity index (χ3n) is 12.1. The van der Waals surface area contributed by atoms with Crippen LogP contribution in [0.5, 0.6) is 0 Å². The number of ether oxygens (including phenoxy) is 4. The molecule has 0 aromatic heterocycles. The number of carbonyl (C=O) groups excluding carboxylic acids is 3. The summed E-state index contributed by atoms with van der Waals surface area (Å²) in [5, 5.41) is 11.2. The number of rotatable bonds is 9. The van der Waals surface area contributed by atoms with E-state index in [1.54, 1.807) is 21.0 Å². The van der Waals surface area contributed by atoms with Crippen LogP contribution < -0.4 is 0 Å². The van der Waals surface area contributed by atoms with Gasteiger partial charge in [0, 0.05) is 50.3 Å². The standard InChI is InChI=1S/C41H67N3O8/c1-11-43-24-27(2)23-41(7,49-10)37(50-26-34-35(45)33(42(8)9)21-28(3)52-34)29(4)36(46)40(5,6)39(48)51-25-32(43)22-30-17-19-44(20-18-30)38(47)31-15-13-12-14-16-31/h12-16,27-30,32-35,37,45H,11,17-26H2,1-10H3/t27-,28-,29+,32-,33+,34+,35-,37-,41-/m1/s1. The summed E-state index contributed by atoms with van der Waals surface area (Å²) in [5.74, 6) is -0.963. The molecule has 0 bridgehead atoms. The lowest BCUT2D eigenvalue weighted by Crippen LogP contribution is -2.57. The molecular weight excluding hydrogens is 662 g/mol. The predicted octanol–water partition coefficient (Wildman–Crippen LogP) is 4.69. The molecule has 11 heteroatoms. The van der Waals surface area contributed by atoms with Crippen LogP contribution in [0.15, 0.2) is 30.3 Å². The van der Waals surface area contributed by atoms with Gasteiger partial charge in [0.25, 0.3) is 5.91 Å². The van der Waals surface area contributed by atoms with E-state index in [1.807, 2.05) is 75.0 Å². The van der Waals surface area contributed by atoms with Crippen LogP contribution in [0.3, 0.4) is 0 Å². The van der Waals surface area contributed by atoms with E-state index in [1.165, 1.54) is 0 Å². The summed E-state index contributed by atoms with van der Waals surface area (Å²) in [5.41, 5.74) is -1.60. The maximum atomic E-state index is 14.3. The second-order valence-corrected chi connectivity index (χ2v) is 16.8. The molecule has 1 aromatic rings. The highest BCUT2D eigenvalue weighted by Crippen LogP contribution is 2.37. The summed E-state index contributed by atoms with van der Waals surface area (Å²) in [7, 11) is 5.56. The lowest BCUT2D eigenvalue weighted by molar-refractivity contribution is -0.202. The molecule has 9 atom stereocenters. The first kappa shape index (κ1) is 42.3. The number of nitrogens with zero attached hydrogens (tertiary/aromatic N) is 3. The minimum atomic E-state index is -1.43. The normalized spacial score (nSPS) is 34.7. The number of piperidine rings is 1. The van der Waals surface area contributed by atoms with Crippen LogP contribution in [0, 0.1) is 23.2 Å². The highest BCUT2D eigenvalue weighted by molar-refractivity contribution is 6.04. The Morgan fingerprint density at radius 2 is 1.71 bits per heavy atom. The second-order valence-electron chi connectivity index (χ2n) is 16.8. The Kier molecular flexibility index (Phi) is 14.9. The number of ketones is 1. The first-order valence-electron chi connectivity index (χ1n) is 19.5. The number of hydrogen-bond donors (Lipinski definition) is 1. The molecule has 3 heterocycles. The Balaban J connectivity index is 1.54. The van der Waals surface area contributed by atoms with Crippen molar-refractivity contribution in [2.75, 3.05) is 60.6 Å². The number of amides is 1. The van der Waals surface area contributed by atoms with Gasteiger partial charge in [-0.05, 0) is 104 Å². The number of aliphatic hydroxyl groups excluding tert-OH is 1. The zero-order valence-electron chi connectivity index (χ0n) is 33.5. The van der Waals surface area contributed by atoms with E-state index in [9.17, 15) is 19.5 Å². The van der Waals surface area contributed by atoms with Gasteiger partial charge >= 0.3 is 5.97 Å². The summed E-state index contributed by atoms with van der Waals surface area (Å²) < 4.78 is 25.2. The number of Topliss-reactive ketones (excluding diaryl/α,β-unsaturated/α-hetero) is 1. The van der Waals surface area contributed by atoms with E-state index in [-0.39, 0.29) is 49.0 Å². The van der Waals surface area contributed by atoms with Crippen molar-refractivity contribution in [1.82, 2.24) is 14.7 Å². The molecule has 0 radical (unpaired) electrons. The Morgan fingerprint density at radius 3 is 2.31 bits per heavy atom. The van der Waals surface area contributed by atoms with Gasteiger partial charge in [0.2, 0.25) is 0 Å². The van der Waals surface area contributed by atoms with Crippen molar-refractivity contribution >= 4 is 17.7 Å². The number of esters is 1. The lowest BCUT2D eigenvalue weighted by atomic mass is 9.74. The van der Waals surface area contributed by atoms with Gasteiger partial charge in [-0.3, -0.25) is 19.3 Å². The Labute approximate surface area is 312 Å². The molecule has 0 saturated carbocycles. The van der Waals surface area contributed by atoms with Crippen molar-refractivity contribution in [2.24, 2.45) is 23.2 Å². The average molecular weight is 730 g/mol. The zero-order chi connectivity index (χ0) is 38.4. The van der Waals surface area contributed by atoms with Crippen molar-refractivity contribution in [3.63, 3.8) is 0 Å². The third kappa shape index (κ3) is 10.0. The van der Waals surface area contributed by atoms with E-state index in [4.69, 9.17) is 18.9 Å². The molecule has 52 heavy (non-hydrogen) atoms. The fraction of sp³-hybridized carbons (Fsp3) is 0.780. The number of benzene rings is 1. The summed E-state index contributed by atoms with van der Waals surface area (Å²) in [6, 6.07) is 9.30. The largest absolute Gasteiger partial charge is 0.463 e. The van der Waals surface area contributed by atoms with Gasteiger partial charge in [-0.1, -0.05) is 39.0 Å². The number of carbonyl (C=O) groups is 3. The molecule has 0 aliphatic carbocycles. The van der Waals surface area contributed by atoms with Gasteiger partial charge in [-0.2, -0.15) is 0 Å². The molecule has 1 aromatic carbocycles. The molecular formula is C41H67N3O8. The van der Waals surface area contributed by atoms with Crippen LogP contribution >= 0.6 is 0 Å². The third-order valence-corrected chi connectivity index (χ3v) is 12.1. The van der Waals surface area contributed by atoms with Gasteiger partial charge in [0.15, 0.2) is 5.78 Å². The molecule has 3 fully saturated rings. The first-order chi connectivity index (χ1) is 24.5. The quantitative estimate of drug-likeness (QED) is 0.284. The van der Waals surface area contributed by atoms with Gasteiger partial charge in [0.1, 0.15) is 18.1 Å². The first-order valence-corrected chi connectivity index (χ1v) is 19.5. The summed E-state index contributed by atoms with van der Waals surface area (Å²) >= 11 is 0. The van der Waals surface area contributed by atoms with E-state index in [2.05, 4.69) is 18.7 Å². The molecule has 0 unspecified atom stereocenters. The molecule has 1 amide bonds. The highest BCUT2D eigenvalue weighted by atomic mass is 16.6. The smallest absolute Gasteiger partial charge is 0.319 e. The van der Waals surface area contributed by atoms with Crippen LogP contribution in [-0.4, -0.2) is 140 Å². The second kappa shape index (κ2) is 18.3. The Morgan fingerprint density at radius 1 is 1.06 bits per heavy atom. The van der Waals surface area contributed by atoms with E-state index >= 15 is 0 Å². The maximum Gasteiger partial charge on any atom is 0.319 e. The number of cyclic esters (lactones) is 1. The van der Waals surface area contributed by atoms with Gasteiger partial charge < -0.3 is 33.9 Å². The summed E-state index contributed by atoms with van der Waals surface area (Å²) in [6.07, 6.45) is 1.76. The van der Waals surface area contributed by atoms with Crippen LogP contribution in [0.1, 0.15) is 90.9 Å². The Hall–Kier alpha value is -2.41. The zero-order valence-corrected chi connectivity index (χ0v) is 33.5. The topological polar surface area (TPSA) is 118 Å². The number of hydrogen-bond acceptors (Lipinski definition) is 10. The molecule has 3 aliphatic heterocycles. The summed E-state index contributed by atoms with van der Waals surface area (Å²) in [4.78, 5) is 47.6. The SMILES string of the molecule is CCN1C[C@H](C)C[C@@](C)(OC)[C@H](OC[C@@H]2O[C@H](C)C[C@H](N(C)C)[C@H]2O)[C@@H](C)C(=O)C(C)(C)C(=O)OC[C@H]1CC1CCN(C(=O)c2ccccc2)CC1. The maximum absolute atomic E-state index is 14.3. The predicted molar refractivity (Wildman–Crippen MR) is 201 cm³/mol. The van der Waals surface area contributed by atoms with Crippen LogP contribution in [0.2, 0.25) is 0 Å². The molecule has 1 N–H and O–H groups in total. The number of methoxy groups -OCH3 is 1. The molecule has 3 aliphatic rings. The Bertz CT molecular complexity index is 1320. The molecule has 294 valence electrons.